The second-order valence-corrected chi connectivity index (χ2v) is 6.87. The molecular formula is C18H26N4O2S. The van der Waals surface area contributed by atoms with Crippen molar-refractivity contribution in [2.24, 2.45) is 4.99 Å². The van der Waals surface area contributed by atoms with Gasteiger partial charge in [0.1, 0.15) is 22.6 Å². The summed E-state index contributed by atoms with van der Waals surface area (Å²) < 4.78 is 11.1. The van der Waals surface area contributed by atoms with Crippen molar-refractivity contribution < 1.29 is 9.47 Å². The second kappa shape index (κ2) is 9.88. The van der Waals surface area contributed by atoms with Crippen molar-refractivity contribution in [3.8, 4) is 11.5 Å². The summed E-state index contributed by atoms with van der Waals surface area (Å²) in [4.78, 5) is 10.1. The van der Waals surface area contributed by atoms with Crippen LogP contribution in [0.3, 0.4) is 0 Å². The Morgan fingerprint density at radius 2 is 2.12 bits per heavy atom. The van der Waals surface area contributed by atoms with E-state index in [2.05, 4.69) is 20.6 Å². The summed E-state index contributed by atoms with van der Waals surface area (Å²) in [6.45, 7) is 8.11. The molecule has 1 unspecified atom stereocenters. The molecule has 136 valence electrons. The van der Waals surface area contributed by atoms with Gasteiger partial charge in [0.25, 0.3) is 0 Å². The monoisotopic (exact) mass is 362 g/mol. The van der Waals surface area contributed by atoms with Crippen LogP contribution in [-0.2, 0) is 6.54 Å². The molecule has 1 atom stereocenters. The molecule has 2 N–H and O–H groups in total. The van der Waals surface area contributed by atoms with Crippen molar-refractivity contribution in [3.63, 3.8) is 0 Å². The molecule has 1 aromatic heterocycles. The molecule has 0 radical (unpaired) electrons. The Balaban J connectivity index is 1.86. The average Bonchev–Trinajstić information content (AvgIpc) is 3.03. The van der Waals surface area contributed by atoms with E-state index in [-0.39, 0.29) is 6.10 Å². The van der Waals surface area contributed by atoms with Crippen LogP contribution in [-0.4, -0.2) is 37.2 Å². The van der Waals surface area contributed by atoms with Crippen molar-refractivity contribution in [1.29, 1.82) is 0 Å². The summed E-state index contributed by atoms with van der Waals surface area (Å²) in [5.74, 6) is 2.33. The highest BCUT2D eigenvalue weighted by atomic mass is 32.1. The van der Waals surface area contributed by atoms with Crippen molar-refractivity contribution >= 4 is 17.3 Å². The number of nitrogens with zero attached hydrogens (tertiary/aromatic N) is 2. The van der Waals surface area contributed by atoms with Gasteiger partial charge < -0.3 is 20.1 Å². The number of nitrogens with one attached hydrogen (secondary N) is 2. The van der Waals surface area contributed by atoms with Crippen LogP contribution >= 0.6 is 11.3 Å². The van der Waals surface area contributed by atoms with E-state index in [1.165, 1.54) is 4.88 Å². The lowest BCUT2D eigenvalue weighted by Crippen LogP contribution is -2.41. The molecule has 0 amide bonds. The van der Waals surface area contributed by atoms with Crippen LogP contribution in [0.25, 0.3) is 0 Å². The number of aliphatic imine (C=N–C) groups is 1. The van der Waals surface area contributed by atoms with Gasteiger partial charge in [-0.1, -0.05) is 6.07 Å². The summed E-state index contributed by atoms with van der Waals surface area (Å²) in [6.07, 6.45) is 1.86. The predicted molar refractivity (Wildman–Crippen MR) is 103 cm³/mol. The maximum absolute atomic E-state index is 5.92. The van der Waals surface area contributed by atoms with Gasteiger partial charge in [-0.05, 0) is 32.9 Å². The number of methoxy groups -OCH3 is 1. The largest absolute Gasteiger partial charge is 0.497 e. The van der Waals surface area contributed by atoms with E-state index < -0.39 is 0 Å². The quantitative estimate of drug-likeness (QED) is 0.558. The minimum Gasteiger partial charge on any atom is -0.497 e. The lowest BCUT2D eigenvalue weighted by atomic mass is 10.3. The van der Waals surface area contributed by atoms with Crippen molar-refractivity contribution in [2.75, 3.05) is 20.2 Å². The number of guanidine groups is 1. The van der Waals surface area contributed by atoms with Gasteiger partial charge in [0, 0.05) is 23.7 Å². The van der Waals surface area contributed by atoms with E-state index in [0.29, 0.717) is 13.1 Å². The van der Waals surface area contributed by atoms with Gasteiger partial charge in [0.05, 0.1) is 20.2 Å². The highest BCUT2D eigenvalue weighted by Gasteiger charge is 2.07. The summed E-state index contributed by atoms with van der Waals surface area (Å²) in [7, 11) is 1.65. The molecule has 2 aromatic rings. The molecule has 7 heteroatoms. The third-order valence-corrected chi connectivity index (χ3v) is 4.22. The first-order chi connectivity index (χ1) is 12.1. The summed E-state index contributed by atoms with van der Waals surface area (Å²) in [6, 6.07) is 7.60. The Hall–Kier alpha value is -2.28. The highest BCUT2D eigenvalue weighted by molar-refractivity contribution is 7.11. The molecule has 1 aromatic carbocycles. The van der Waals surface area contributed by atoms with Crippen LogP contribution < -0.4 is 20.1 Å². The van der Waals surface area contributed by atoms with Gasteiger partial charge in [-0.2, -0.15) is 0 Å². The smallest absolute Gasteiger partial charge is 0.191 e. The Bertz CT molecular complexity index is 687. The van der Waals surface area contributed by atoms with Crippen LogP contribution in [0.4, 0.5) is 0 Å². The van der Waals surface area contributed by atoms with E-state index in [0.717, 1.165) is 29.0 Å². The van der Waals surface area contributed by atoms with Crippen molar-refractivity contribution in [2.45, 2.75) is 33.4 Å². The number of aryl methyl sites for hydroxylation is 1. The lowest BCUT2D eigenvalue weighted by Gasteiger charge is -2.18. The predicted octanol–water partition coefficient (Wildman–Crippen LogP) is 2.98. The van der Waals surface area contributed by atoms with Gasteiger partial charge in [0.15, 0.2) is 5.96 Å². The standard InChI is InChI=1S/C18H26N4O2S/c1-5-19-18(22-12-17-20-11-14(3)25-17)21-10-13(2)24-16-8-6-7-15(9-16)23-4/h6-9,11,13H,5,10,12H2,1-4H3,(H2,19,21,22). The van der Waals surface area contributed by atoms with Crippen LogP contribution in [0.1, 0.15) is 23.7 Å². The third-order valence-electron chi connectivity index (χ3n) is 3.32. The molecule has 0 aliphatic rings. The van der Waals surface area contributed by atoms with Crippen LogP contribution in [0.5, 0.6) is 11.5 Å². The van der Waals surface area contributed by atoms with Crippen molar-refractivity contribution in [1.82, 2.24) is 15.6 Å². The molecule has 1 heterocycles. The van der Waals surface area contributed by atoms with Crippen molar-refractivity contribution in [3.05, 3.63) is 40.3 Å². The normalized spacial score (nSPS) is 12.6. The Morgan fingerprint density at radius 1 is 1.32 bits per heavy atom. The van der Waals surface area contributed by atoms with Crippen LogP contribution in [0, 0.1) is 6.92 Å². The maximum atomic E-state index is 5.92. The zero-order chi connectivity index (χ0) is 18.1. The summed E-state index contributed by atoms with van der Waals surface area (Å²) in [5.41, 5.74) is 0. The van der Waals surface area contributed by atoms with Gasteiger partial charge in [-0.25, -0.2) is 9.98 Å². The van der Waals surface area contributed by atoms with Gasteiger partial charge in [-0.3, -0.25) is 0 Å². The molecule has 0 aliphatic heterocycles. The number of aromatic nitrogens is 1. The average molecular weight is 362 g/mol. The first-order valence-corrected chi connectivity index (χ1v) is 9.16. The summed E-state index contributed by atoms with van der Waals surface area (Å²) >= 11 is 1.67. The first-order valence-electron chi connectivity index (χ1n) is 8.35. The van der Waals surface area contributed by atoms with E-state index >= 15 is 0 Å². The summed E-state index contributed by atoms with van der Waals surface area (Å²) in [5, 5.41) is 7.55. The zero-order valence-corrected chi connectivity index (χ0v) is 16.0. The number of benzene rings is 1. The number of rotatable bonds is 8. The fourth-order valence-electron chi connectivity index (χ4n) is 2.15. The first kappa shape index (κ1) is 19.1. The minimum atomic E-state index is -0.0157. The third kappa shape index (κ3) is 6.62. The van der Waals surface area contributed by atoms with Crippen LogP contribution in [0.2, 0.25) is 0 Å². The molecule has 0 aliphatic carbocycles. The molecule has 2 rings (SSSR count). The molecule has 6 nitrogen and oxygen atoms in total. The lowest BCUT2D eigenvalue weighted by molar-refractivity contribution is 0.223. The molecule has 0 bridgehead atoms. The molecule has 25 heavy (non-hydrogen) atoms. The zero-order valence-electron chi connectivity index (χ0n) is 15.2. The second-order valence-electron chi connectivity index (χ2n) is 5.55. The van der Waals surface area contributed by atoms with Gasteiger partial charge in [-0.15, -0.1) is 11.3 Å². The van der Waals surface area contributed by atoms with Crippen LogP contribution in [0.15, 0.2) is 35.5 Å². The van der Waals surface area contributed by atoms with E-state index in [4.69, 9.17) is 9.47 Å². The van der Waals surface area contributed by atoms with E-state index in [1.54, 1.807) is 18.4 Å². The molecule has 0 spiro atoms. The fraction of sp³-hybridized carbons (Fsp3) is 0.444. The Morgan fingerprint density at radius 3 is 2.80 bits per heavy atom. The highest BCUT2D eigenvalue weighted by Crippen LogP contribution is 2.19. The minimum absolute atomic E-state index is 0.0157. The Kier molecular flexibility index (Phi) is 7.53. The fourth-order valence-corrected chi connectivity index (χ4v) is 2.86. The van der Waals surface area contributed by atoms with Gasteiger partial charge in [0.2, 0.25) is 0 Å². The molecule has 0 saturated heterocycles. The number of hydrogen-bond acceptors (Lipinski definition) is 5. The van der Waals surface area contributed by atoms with Gasteiger partial charge >= 0.3 is 0 Å². The topological polar surface area (TPSA) is 67.8 Å². The molecular weight excluding hydrogens is 336 g/mol. The SMILES string of the molecule is CCNC(=NCc1ncc(C)s1)NCC(C)Oc1cccc(OC)c1. The molecule has 0 saturated carbocycles. The maximum Gasteiger partial charge on any atom is 0.191 e. The number of ether oxygens (including phenoxy) is 2. The Labute approximate surface area is 153 Å². The molecule has 0 fully saturated rings. The number of hydrogen-bond donors (Lipinski definition) is 2. The number of thiazole rings is 1. The van der Waals surface area contributed by atoms with E-state index in [9.17, 15) is 0 Å². The van der Waals surface area contributed by atoms with E-state index in [1.807, 2.05) is 51.2 Å².